The highest BCUT2D eigenvalue weighted by atomic mass is 79.9. The number of nitrogens with one attached hydrogen (secondary N) is 1. The van der Waals surface area contributed by atoms with Gasteiger partial charge in [-0.25, -0.2) is 0 Å². The number of benzene rings is 2. The van der Waals surface area contributed by atoms with Gasteiger partial charge in [0.1, 0.15) is 17.1 Å². The number of anilines is 1. The van der Waals surface area contributed by atoms with Crippen molar-refractivity contribution in [3.63, 3.8) is 0 Å². The second-order valence-corrected chi connectivity index (χ2v) is 8.97. The summed E-state index contributed by atoms with van der Waals surface area (Å²) in [6, 6.07) is 18.3. The van der Waals surface area contributed by atoms with E-state index in [1.807, 2.05) is 43.3 Å². The van der Waals surface area contributed by atoms with Crippen LogP contribution >= 0.6 is 39.5 Å². The number of carbonyl (C=O) groups is 2. The Labute approximate surface area is 191 Å². The molecule has 150 valence electrons. The van der Waals surface area contributed by atoms with Crippen molar-refractivity contribution in [3.05, 3.63) is 80.5 Å². The standard InChI is InChI=1S/C22H15BrN2O3S2/c1-13-11-18(23)19(30-13)12-17-20(26)24-22(29)25(21(17)27)14-7-9-16(10-8-14)28-15-5-3-2-4-6-15/h2-12H,1H3,(H,24,26,29). The van der Waals surface area contributed by atoms with Gasteiger partial charge in [-0.1, -0.05) is 18.2 Å². The molecule has 2 amide bonds. The second kappa shape index (κ2) is 8.51. The number of rotatable bonds is 4. The molecule has 0 saturated carbocycles. The van der Waals surface area contributed by atoms with Crippen LogP contribution in [0.15, 0.2) is 70.7 Å². The third kappa shape index (κ3) is 4.21. The molecule has 1 aliphatic rings. The molecule has 1 fully saturated rings. The number of thiophene rings is 1. The van der Waals surface area contributed by atoms with Crippen molar-refractivity contribution in [3.8, 4) is 11.5 Å². The van der Waals surface area contributed by atoms with Crippen molar-refractivity contribution in [2.24, 2.45) is 0 Å². The Hall–Kier alpha value is -2.81. The first-order valence-electron chi connectivity index (χ1n) is 8.93. The summed E-state index contributed by atoms with van der Waals surface area (Å²) in [7, 11) is 0. The minimum absolute atomic E-state index is 0.0239. The molecule has 0 aliphatic carbocycles. The average Bonchev–Trinajstić information content (AvgIpc) is 3.04. The Bertz CT molecular complexity index is 1170. The fraction of sp³-hybridized carbons (Fsp3) is 0.0455. The van der Waals surface area contributed by atoms with E-state index in [2.05, 4.69) is 21.2 Å². The zero-order valence-electron chi connectivity index (χ0n) is 15.7. The number of hydrogen-bond donors (Lipinski definition) is 1. The summed E-state index contributed by atoms with van der Waals surface area (Å²) in [6.07, 6.45) is 1.58. The quantitative estimate of drug-likeness (QED) is 0.295. The van der Waals surface area contributed by atoms with Crippen LogP contribution in [0.5, 0.6) is 11.5 Å². The topological polar surface area (TPSA) is 58.6 Å². The summed E-state index contributed by atoms with van der Waals surface area (Å²) in [5.41, 5.74) is 0.563. The first-order valence-corrected chi connectivity index (χ1v) is 10.9. The van der Waals surface area contributed by atoms with Crippen molar-refractivity contribution < 1.29 is 14.3 Å². The molecule has 1 aliphatic heterocycles. The highest BCUT2D eigenvalue weighted by Gasteiger charge is 2.34. The lowest BCUT2D eigenvalue weighted by Gasteiger charge is -2.29. The maximum Gasteiger partial charge on any atom is 0.270 e. The van der Waals surface area contributed by atoms with Crippen LogP contribution in [0.1, 0.15) is 9.75 Å². The molecule has 1 aromatic heterocycles. The summed E-state index contributed by atoms with van der Waals surface area (Å²) in [4.78, 5) is 28.7. The molecule has 0 radical (unpaired) electrons. The van der Waals surface area contributed by atoms with Crippen molar-refractivity contribution >= 4 is 68.2 Å². The summed E-state index contributed by atoms with van der Waals surface area (Å²) in [5, 5.41) is 2.64. The van der Waals surface area contributed by atoms with Gasteiger partial charge < -0.3 is 4.74 Å². The highest BCUT2D eigenvalue weighted by Crippen LogP contribution is 2.31. The molecular weight excluding hydrogens is 484 g/mol. The van der Waals surface area contributed by atoms with Crippen molar-refractivity contribution in [1.82, 2.24) is 5.32 Å². The maximum absolute atomic E-state index is 13.1. The predicted molar refractivity (Wildman–Crippen MR) is 126 cm³/mol. The van der Waals surface area contributed by atoms with E-state index >= 15 is 0 Å². The monoisotopic (exact) mass is 498 g/mol. The average molecular weight is 499 g/mol. The van der Waals surface area contributed by atoms with Gasteiger partial charge in [-0.3, -0.25) is 19.8 Å². The van der Waals surface area contributed by atoms with Crippen molar-refractivity contribution in [2.45, 2.75) is 6.92 Å². The molecule has 2 heterocycles. The van der Waals surface area contributed by atoms with Crippen LogP contribution in [0.3, 0.4) is 0 Å². The Kier molecular flexibility index (Phi) is 5.80. The first kappa shape index (κ1) is 20.5. The maximum atomic E-state index is 13.1. The van der Waals surface area contributed by atoms with Gasteiger partial charge in [0.15, 0.2) is 5.11 Å². The van der Waals surface area contributed by atoms with Gasteiger partial charge in [0.25, 0.3) is 11.8 Å². The van der Waals surface area contributed by atoms with E-state index in [9.17, 15) is 9.59 Å². The SMILES string of the molecule is Cc1cc(Br)c(C=C2C(=O)NC(=S)N(c3ccc(Oc4ccccc4)cc3)C2=O)s1. The fourth-order valence-corrected chi connectivity index (χ4v) is 4.90. The van der Waals surface area contributed by atoms with Gasteiger partial charge in [-0.05, 0) is 83.6 Å². The second-order valence-electron chi connectivity index (χ2n) is 6.44. The molecule has 30 heavy (non-hydrogen) atoms. The number of hydrogen-bond acceptors (Lipinski definition) is 5. The molecule has 5 nitrogen and oxygen atoms in total. The number of carbonyl (C=O) groups excluding carboxylic acids is 2. The van der Waals surface area contributed by atoms with Crippen LogP contribution in [0, 0.1) is 6.92 Å². The third-order valence-corrected chi connectivity index (χ3v) is 6.49. The lowest BCUT2D eigenvalue weighted by Crippen LogP contribution is -2.54. The summed E-state index contributed by atoms with van der Waals surface area (Å²) >= 11 is 10.2. The number of para-hydroxylation sites is 1. The van der Waals surface area contributed by atoms with E-state index in [1.165, 1.54) is 16.2 Å². The number of amides is 2. The zero-order valence-corrected chi connectivity index (χ0v) is 18.9. The fourth-order valence-electron chi connectivity index (χ4n) is 2.91. The predicted octanol–water partition coefficient (Wildman–Crippen LogP) is 5.44. The van der Waals surface area contributed by atoms with Gasteiger partial charge in [-0.2, -0.15) is 0 Å². The van der Waals surface area contributed by atoms with E-state index in [1.54, 1.807) is 30.3 Å². The van der Waals surface area contributed by atoms with E-state index < -0.39 is 11.8 Å². The smallest absolute Gasteiger partial charge is 0.270 e. The molecule has 0 unspecified atom stereocenters. The first-order chi connectivity index (χ1) is 14.4. The highest BCUT2D eigenvalue weighted by molar-refractivity contribution is 9.10. The van der Waals surface area contributed by atoms with Crippen LogP contribution in [0.25, 0.3) is 6.08 Å². The molecule has 0 spiro atoms. The summed E-state index contributed by atoms with van der Waals surface area (Å²) in [5.74, 6) is 0.351. The molecule has 3 aromatic rings. The van der Waals surface area contributed by atoms with E-state index in [4.69, 9.17) is 17.0 Å². The minimum atomic E-state index is -0.511. The van der Waals surface area contributed by atoms with Crippen LogP contribution in [0.2, 0.25) is 0 Å². The minimum Gasteiger partial charge on any atom is -0.457 e. The third-order valence-electron chi connectivity index (χ3n) is 4.29. The summed E-state index contributed by atoms with van der Waals surface area (Å²) in [6.45, 7) is 1.96. The number of ether oxygens (including phenoxy) is 1. The van der Waals surface area contributed by atoms with E-state index in [0.29, 0.717) is 17.2 Å². The number of halogens is 1. The van der Waals surface area contributed by atoms with E-state index in [0.717, 1.165) is 14.2 Å². The number of nitrogens with zero attached hydrogens (tertiary/aromatic N) is 1. The summed E-state index contributed by atoms with van der Waals surface area (Å²) < 4.78 is 6.62. The molecule has 0 atom stereocenters. The Morgan fingerprint density at radius 1 is 1.07 bits per heavy atom. The molecule has 1 saturated heterocycles. The number of thiocarbonyl (C=S) groups is 1. The van der Waals surface area contributed by atoms with Gasteiger partial charge in [0.2, 0.25) is 0 Å². The van der Waals surface area contributed by atoms with Crippen LogP contribution in [0.4, 0.5) is 5.69 Å². The molecule has 8 heteroatoms. The van der Waals surface area contributed by atoms with E-state index in [-0.39, 0.29) is 10.7 Å². The van der Waals surface area contributed by atoms with Crippen molar-refractivity contribution in [2.75, 3.05) is 4.90 Å². The van der Waals surface area contributed by atoms with Crippen LogP contribution in [-0.4, -0.2) is 16.9 Å². The molecule has 0 bridgehead atoms. The van der Waals surface area contributed by atoms with Gasteiger partial charge >= 0.3 is 0 Å². The van der Waals surface area contributed by atoms with Gasteiger partial charge in [0.05, 0.1) is 5.69 Å². The lowest BCUT2D eigenvalue weighted by atomic mass is 10.1. The van der Waals surface area contributed by atoms with Crippen molar-refractivity contribution in [1.29, 1.82) is 0 Å². The Balaban J connectivity index is 1.61. The molecular formula is C22H15BrN2O3S2. The Morgan fingerprint density at radius 2 is 1.73 bits per heavy atom. The molecule has 4 rings (SSSR count). The zero-order chi connectivity index (χ0) is 21.3. The van der Waals surface area contributed by atoms with Crippen LogP contribution in [-0.2, 0) is 9.59 Å². The largest absolute Gasteiger partial charge is 0.457 e. The molecule has 1 N–H and O–H groups in total. The van der Waals surface area contributed by atoms with Gasteiger partial charge in [-0.15, -0.1) is 11.3 Å². The number of aryl methyl sites for hydroxylation is 1. The Morgan fingerprint density at radius 3 is 2.37 bits per heavy atom. The molecule has 2 aromatic carbocycles. The van der Waals surface area contributed by atoms with Gasteiger partial charge in [0, 0.05) is 14.2 Å². The normalized spacial score (nSPS) is 15.5. The van der Waals surface area contributed by atoms with Crippen LogP contribution < -0.4 is 15.0 Å². The lowest BCUT2D eigenvalue weighted by molar-refractivity contribution is -0.122.